The molecule has 0 aliphatic carbocycles. The Hall–Kier alpha value is -4.18. The Labute approximate surface area is 197 Å². The molecular formula is C27H23FN4O2. The highest BCUT2D eigenvalue weighted by Crippen LogP contribution is 2.35. The first-order chi connectivity index (χ1) is 16.6. The van der Waals surface area contributed by atoms with E-state index in [2.05, 4.69) is 16.8 Å². The van der Waals surface area contributed by atoms with E-state index < -0.39 is 0 Å². The van der Waals surface area contributed by atoms with Crippen molar-refractivity contribution in [2.75, 3.05) is 6.54 Å². The number of carbonyl (C=O) groups is 1. The van der Waals surface area contributed by atoms with Crippen LogP contribution in [0.3, 0.4) is 0 Å². The summed E-state index contributed by atoms with van der Waals surface area (Å²) in [6.07, 6.45) is 7.17. The van der Waals surface area contributed by atoms with E-state index >= 15 is 0 Å². The second-order valence-electron chi connectivity index (χ2n) is 8.12. The molecule has 1 atom stereocenters. The predicted molar refractivity (Wildman–Crippen MR) is 126 cm³/mol. The third-order valence-corrected chi connectivity index (χ3v) is 5.96. The molecule has 3 heterocycles. The Balaban J connectivity index is 1.42. The lowest BCUT2D eigenvalue weighted by molar-refractivity contribution is -0.126. The van der Waals surface area contributed by atoms with Gasteiger partial charge in [0, 0.05) is 24.5 Å². The van der Waals surface area contributed by atoms with Crippen LogP contribution in [0.4, 0.5) is 4.39 Å². The van der Waals surface area contributed by atoms with Gasteiger partial charge in [-0.1, -0.05) is 30.2 Å². The highest BCUT2D eigenvalue weighted by atomic mass is 19.1. The van der Waals surface area contributed by atoms with Crippen LogP contribution in [0.1, 0.15) is 37.2 Å². The predicted octanol–water partition coefficient (Wildman–Crippen LogP) is 4.80. The van der Waals surface area contributed by atoms with Crippen molar-refractivity contribution in [3.8, 4) is 28.8 Å². The normalized spacial score (nSPS) is 15.2. The summed E-state index contributed by atoms with van der Waals surface area (Å²) < 4.78 is 20.8. The number of imidazole rings is 1. The van der Waals surface area contributed by atoms with E-state index in [1.807, 2.05) is 39.8 Å². The summed E-state index contributed by atoms with van der Waals surface area (Å²) >= 11 is 0. The molecule has 0 radical (unpaired) electrons. The zero-order valence-electron chi connectivity index (χ0n) is 18.7. The monoisotopic (exact) mass is 454 g/mol. The zero-order chi connectivity index (χ0) is 23.5. The fourth-order valence-electron chi connectivity index (χ4n) is 4.32. The maximum Gasteiger partial charge on any atom is 0.299 e. The van der Waals surface area contributed by atoms with Gasteiger partial charge in [0.1, 0.15) is 24.0 Å². The summed E-state index contributed by atoms with van der Waals surface area (Å²) in [6, 6.07) is 13.8. The topological polar surface area (TPSA) is 59.7 Å². The number of likely N-dealkylation sites (tertiary alicyclic amines) is 1. The van der Waals surface area contributed by atoms with Gasteiger partial charge >= 0.3 is 0 Å². The summed E-state index contributed by atoms with van der Waals surface area (Å²) in [5.41, 5.74) is 3.64. The molecule has 34 heavy (non-hydrogen) atoms. The van der Waals surface area contributed by atoms with Crippen LogP contribution < -0.4 is 4.74 Å². The summed E-state index contributed by atoms with van der Waals surface area (Å²) in [4.78, 5) is 23.6. The molecule has 4 aromatic rings. The van der Waals surface area contributed by atoms with Crippen molar-refractivity contribution in [1.82, 2.24) is 19.3 Å². The molecule has 5 rings (SSSR count). The van der Waals surface area contributed by atoms with E-state index in [4.69, 9.17) is 9.72 Å². The van der Waals surface area contributed by atoms with Crippen molar-refractivity contribution in [3.63, 3.8) is 0 Å². The van der Waals surface area contributed by atoms with E-state index in [9.17, 15) is 9.18 Å². The number of carbonyl (C=O) groups excluding carboxylic acids is 1. The minimum Gasteiger partial charge on any atom is -0.489 e. The molecule has 170 valence electrons. The Morgan fingerprint density at radius 2 is 1.97 bits per heavy atom. The first-order valence-corrected chi connectivity index (χ1v) is 11.2. The second-order valence-corrected chi connectivity index (χ2v) is 8.12. The smallest absolute Gasteiger partial charge is 0.299 e. The van der Waals surface area contributed by atoms with E-state index in [1.165, 1.54) is 12.1 Å². The molecule has 2 aromatic carbocycles. The van der Waals surface area contributed by atoms with Gasteiger partial charge in [-0.3, -0.25) is 14.2 Å². The van der Waals surface area contributed by atoms with Crippen molar-refractivity contribution in [2.45, 2.75) is 32.4 Å². The molecule has 1 aliphatic heterocycles. The van der Waals surface area contributed by atoms with Crippen molar-refractivity contribution >= 4 is 11.4 Å². The molecule has 7 heteroatoms. The molecule has 0 unspecified atom stereocenters. The molecule has 1 fully saturated rings. The maximum absolute atomic E-state index is 13.1. The summed E-state index contributed by atoms with van der Waals surface area (Å²) in [6.45, 7) is 2.72. The SMILES string of the molecule is CC#CC(=O)N1CCC[C@H]1c1nc(-c2ccc(COc3ccc(F)cc3)cc2)c2cnccn12. The number of aromatic nitrogens is 3. The Morgan fingerprint density at radius 1 is 1.18 bits per heavy atom. The molecule has 0 spiro atoms. The van der Waals surface area contributed by atoms with Crippen molar-refractivity contribution in [3.05, 3.63) is 84.3 Å². The van der Waals surface area contributed by atoms with E-state index in [-0.39, 0.29) is 17.8 Å². The highest BCUT2D eigenvalue weighted by molar-refractivity contribution is 5.94. The van der Waals surface area contributed by atoms with Gasteiger partial charge in [0.05, 0.1) is 23.4 Å². The Kier molecular flexibility index (Phi) is 5.96. The third kappa shape index (κ3) is 4.23. The summed E-state index contributed by atoms with van der Waals surface area (Å²) in [7, 11) is 0. The van der Waals surface area contributed by atoms with Gasteiger partial charge < -0.3 is 9.64 Å². The first-order valence-electron chi connectivity index (χ1n) is 11.2. The van der Waals surface area contributed by atoms with Crippen LogP contribution in [0.2, 0.25) is 0 Å². The average Bonchev–Trinajstić information content (AvgIpc) is 3.49. The number of rotatable bonds is 5. The molecular weight excluding hydrogens is 431 g/mol. The van der Waals surface area contributed by atoms with Gasteiger partial charge in [-0.2, -0.15) is 0 Å². The largest absolute Gasteiger partial charge is 0.489 e. The number of hydrogen-bond acceptors (Lipinski definition) is 4. The zero-order valence-corrected chi connectivity index (χ0v) is 18.7. The van der Waals surface area contributed by atoms with Gasteiger partial charge in [0.25, 0.3) is 5.91 Å². The minimum atomic E-state index is -0.291. The number of amides is 1. The third-order valence-electron chi connectivity index (χ3n) is 5.96. The molecule has 1 saturated heterocycles. The van der Waals surface area contributed by atoms with Crippen LogP contribution in [0, 0.1) is 17.7 Å². The lowest BCUT2D eigenvalue weighted by Crippen LogP contribution is -2.30. The number of benzene rings is 2. The first kappa shape index (κ1) is 21.7. The van der Waals surface area contributed by atoms with Crippen molar-refractivity contribution in [2.24, 2.45) is 0 Å². The Bertz CT molecular complexity index is 1380. The number of fused-ring (bicyclic) bond motifs is 1. The lowest BCUT2D eigenvalue weighted by Gasteiger charge is -2.21. The van der Waals surface area contributed by atoms with Crippen LogP contribution in [-0.4, -0.2) is 31.7 Å². The van der Waals surface area contributed by atoms with E-state index in [0.29, 0.717) is 18.9 Å². The lowest BCUT2D eigenvalue weighted by atomic mass is 10.1. The van der Waals surface area contributed by atoms with Gasteiger partial charge in [-0.05, 0) is 55.5 Å². The fourth-order valence-corrected chi connectivity index (χ4v) is 4.32. The van der Waals surface area contributed by atoms with E-state index in [0.717, 1.165) is 41.0 Å². The van der Waals surface area contributed by atoms with Crippen LogP contribution >= 0.6 is 0 Å². The molecule has 0 saturated carbocycles. The number of ether oxygens (including phenoxy) is 1. The van der Waals surface area contributed by atoms with Crippen molar-refractivity contribution in [1.29, 1.82) is 0 Å². The molecule has 0 N–H and O–H groups in total. The van der Waals surface area contributed by atoms with Gasteiger partial charge in [-0.25, -0.2) is 9.37 Å². The van der Waals surface area contributed by atoms with Gasteiger partial charge in [-0.15, -0.1) is 0 Å². The Morgan fingerprint density at radius 3 is 2.74 bits per heavy atom. The van der Waals surface area contributed by atoms with Crippen LogP contribution in [0.5, 0.6) is 5.75 Å². The van der Waals surface area contributed by atoms with Crippen LogP contribution in [0.25, 0.3) is 16.8 Å². The van der Waals surface area contributed by atoms with Crippen LogP contribution in [0.15, 0.2) is 67.1 Å². The molecule has 1 amide bonds. The summed E-state index contributed by atoms with van der Waals surface area (Å²) in [5, 5.41) is 0. The molecule has 6 nitrogen and oxygen atoms in total. The van der Waals surface area contributed by atoms with Gasteiger partial charge in [0.2, 0.25) is 0 Å². The summed E-state index contributed by atoms with van der Waals surface area (Å²) in [5.74, 6) is 6.35. The number of hydrogen-bond donors (Lipinski definition) is 0. The standard InChI is InChI=1S/C27H23FN4O2/c1-2-4-25(33)31-15-3-5-23(31)27-30-26(24-17-29-14-16-32(24)27)20-8-6-19(7-9-20)18-34-22-12-10-21(28)11-13-22/h6-14,16-17,23H,3,5,15,18H2,1H3/t23-/m0/s1. The second kappa shape index (κ2) is 9.36. The average molecular weight is 455 g/mol. The molecule has 0 bridgehead atoms. The minimum absolute atomic E-state index is 0.125. The number of nitrogens with zero attached hydrogens (tertiary/aromatic N) is 4. The number of halogens is 1. The van der Waals surface area contributed by atoms with Crippen molar-refractivity contribution < 1.29 is 13.9 Å². The highest BCUT2D eigenvalue weighted by Gasteiger charge is 2.33. The molecule has 1 aliphatic rings. The maximum atomic E-state index is 13.1. The fraction of sp³-hybridized carbons (Fsp3) is 0.222. The molecule has 2 aromatic heterocycles. The van der Waals surface area contributed by atoms with E-state index in [1.54, 1.807) is 31.5 Å². The van der Waals surface area contributed by atoms with Gasteiger partial charge in [0.15, 0.2) is 0 Å². The quantitative estimate of drug-likeness (QED) is 0.407. The van der Waals surface area contributed by atoms with Crippen LogP contribution in [-0.2, 0) is 11.4 Å².